The number of carboxylic acid groups (broad SMARTS) is 1. The number of aliphatic imine (C=N–C) groups is 1. The highest BCUT2D eigenvalue weighted by molar-refractivity contribution is 8.14. The van der Waals surface area contributed by atoms with E-state index < -0.39 is 5.97 Å². The molecule has 0 aliphatic carbocycles. The zero-order valence-electron chi connectivity index (χ0n) is 16.0. The zero-order chi connectivity index (χ0) is 19.8. The van der Waals surface area contributed by atoms with E-state index in [0.717, 1.165) is 52.4 Å². The van der Waals surface area contributed by atoms with Crippen LogP contribution in [0.2, 0.25) is 0 Å². The Balaban J connectivity index is 1.59. The van der Waals surface area contributed by atoms with Crippen molar-refractivity contribution >= 4 is 45.3 Å². The number of aliphatic carboxylic acids is 1. The van der Waals surface area contributed by atoms with Gasteiger partial charge in [-0.25, -0.2) is 0 Å². The number of nitrogens with one attached hydrogen (secondary N) is 2. The third-order valence-electron chi connectivity index (χ3n) is 5.22. The summed E-state index contributed by atoms with van der Waals surface area (Å²) in [4.78, 5) is 32.5. The molecule has 1 aromatic carbocycles. The predicted octanol–water partition coefficient (Wildman–Crippen LogP) is 2.85. The summed E-state index contributed by atoms with van der Waals surface area (Å²) in [6, 6.07) is 6.40. The van der Waals surface area contributed by atoms with Crippen molar-refractivity contribution in [1.82, 2.24) is 9.88 Å². The molecule has 0 saturated carbocycles. The van der Waals surface area contributed by atoms with Crippen LogP contribution in [0.1, 0.15) is 31.0 Å². The predicted molar refractivity (Wildman–Crippen MR) is 112 cm³/mol. The molecule has 8 heteroatoms. The fourth-order valence-electron chi connectivity index (χ4n) is 3.88. The van der Waals surface area contributed by atoms with E-state index in [1.165, 1.54) is 0 Å². The van der Waals surface area contributed by atoms with Gasteiger partial charge in [0.25, 0.3) is 0 Å². The maximum absolute atomic E-state index is 11.6. The summed E-state index contributed by atoms with van der Waals surface area (Å²) in [6.07, 6.45) is 0.999. The number of H-pyrrole nitrogens is 1. The first-order chi connectivity index (χ1) is 13.4. The van der Waals surface area contributed by atoms with Gasteiger partial charge in [0.1, 0.15) is 5.04 Å². The molecule has 2 unspecified atom stereocenters. The van der Waals surface area contributed by atoms with Crippen molar-refractivity contribution < 1.29 is 14.7 Å². The lowest BCUT2D eigenvalue weighted by Gasteiger charge is -2.17. The number of hydrogen-bond acceptors (Lipinski definition) is 5. The van der Waals surface area contributed by atoms with Crippen molar-refractivity contribution in [2.75, 3.05) is 24.2 Å². The van der Waals surface area contributed by atoms with Gasteiger partial charge in [-0.3, -0.25) is 14.6 Å². The number of aromatic amines is 1. The third kappa shape index (κ3) is 3.87. The molecule has 148 valence electrons. The molecule has 3 N–H and O–H groups in total. The summed E-state index contributed by atoms with van der Waals surface area (Å²) in [6.45, 7) is 5.19. The van der Waals surface area contributed by atoms with Gasteiger partial charge in [-0.15, -0.1) is 11.8 Å². The second kappa shape index (κ2) is 7.50. The average Bonchev–Trinajstić information content (AvgIpc) is 3.32. The Morgan fingerprint density at radius 2 is 2.21 bits per heavy atom. The number of rotatable bonds is 5. The molecule has 2 aliphatic rings. The van der Waals surface area contributed by atoms with Crippen molar-refractivity contribution in [2.45, 2.75) is 38.8 Å². The van der Waals surface area contributed by atoms with Crippen LogP contribution in [0, 0.1) is 6.92 Å². The van der Waals surface area contributed by atoms with Crippen molar-refractivity contribution in [1.29, 1.82) is 0 Å². The first kappa shape index (κ1) is 18.9. The number of carboxylic acids is 1. The van der Waals surface area contributed by atoms with Crippen LogP contribution in [-0.4, -0.2) is 62.8 Å². The van der Waals surface area contributed by atoms with E-state index in [-0.39, 0.29) is 24.4 Å². The molecular formula is C20H24N4O3S. The lowest BCUT2D eigenvalue weighted by molar-refractivity contribution is -0.137. The molecule has 2 atom stereocenters. The molecule has 1 aromatic heterocycles. The SMILES string of the molecule is CC(=O)N1CCC(Nc2cc(C)cc3cc(C4=NC(CC(=O)O)CS4)[nH]c23)C1. The Morgan fingerprint density at radius 1 is 1.39 bits per heavy atom. The summed E-state index contributed by atoms with van der Waals surface area (Å²) in [5, 5.41) is 14.6. The van der Waals surface area contributed by atoms with Gasteiger partial charge in [0, 0.05) is 37.2 Å². The second-order valence-electron chi connectivity index (χ2n) is 7.55. The first-order valence-electron chi connectivity index (χ1n) is 9.47. The van der Waals surface area contributed by atoms with Crippen molar-refractivity contribution in [3.63, 3.8) is 0 Å². The zero-order valence-corrected chi connectivity index (χ0v) is 16.8. The summed E-state index contributed by atoms with van der Waals surface area (Å²) in [5.41, 5.74) is 4.14. The molecular weight excluding hydrogens is 376 g/mol. The minimum absolute atomic E-state index is 0.0664. The molecule has 0 radical (unpaired) electrons. The largest absolute Gasteiger partial charge is 0.481 e. The maximum Gasteiger partial charge on any atom is 0.305 e. The fraction of sp³-hybridized carbons (Fsp3) is 0.450. The number of benzene rings is 1. The lowest BCUT2D eigenvalue weighted by atomic mass is 10.1. The van der Waals surface area contributed by atoms with Gasteiger partial charge in [0.15, 0.2) is 0 Å². The number of carbonyl (C=O) groups is 2. The van der Waals surface area contributed by atoms with E-state index in [1.54, 1.807) is 18.7 Å². The second-order valence-corrected chi connectivity index (χ2v) is 8.56. The Labute approximate surface area is 167 Å². The minimum Gasteiger partial charge on any atom is -0.481 e. The van der Waals surface area contributed by atoms with Crippen molar-refractivity contribution in [2.24, 2.45) is 4.99 Å². The van der Waals surface area contributed by atoms with Crippen LogP contribution in [0.25, 0.3) is 10.9 Å². The van der Waals surface area contributed by atoms with Crippen LogP contribution in [0.3, 0.4) is 0 Å². The Morgan fingerprint density at radius 3 is 2.93 bits per heavy atom. The number of fused-ring (bicyclic) bond motifs is 1. The molecule has 1 fully saturated rings. The Hall–Kier alpha value is -2.48. The van der Waals surface area contributed by atoms with Gasteiger partial charge in [-0.1, -0.05) is 0 Å². The fourth-order valence-corrected chi connectivity index (χ4v) is 4.91. The standard InChI is InChI=1S/C20H24N4O3S/c1-11-5-13-7-17(20-22-15(10-28-20)8-18(26)27)23-19(13)16(6-11)21-14-3-4-24(9-14)12(2)25/h5-7,14-15,21,23H,3-4,8-10H2,1-2H3,(H,26,27). The van der Waals surface area contributed by atoms with E-state index in [9.17, 15) is 9.59 Å². The highest BCUT2D eigenvalue weighted by Crippen LogP contribution is 2.31. The number of amides is 1. The number of anilines is 1. The Bertz CT molecular complexity index is 968. The third-order valence-corrected chi connectivity index (χ3v) is 6.37. The average molecular weight is 401 g/mol. The van der Waals surface area contributed by atoms with E-state index in [4.69, 9.17) is 5.11 Å². The Kier molecular flexibility index (Phi) is 5.05. The number of aryl methyl sites for hydroxylation is 1. The lowest BCUT2D eigenvalue weighted by Crippen LogP contribution is -2.29. The van der Waals surface area contributed by atoms with E-state index >= 15 is 0 Å². The van der Waals surface area contributed by atoms with Gasteiger partial charge in [-0.05, 0) is 37.1 Å². The van der Waals surface area contributed by atoms with Crippen LogP contribution in [0.4, 0.5) is 5.69 Å². The molecule has 7 nitrogen and oxygen atoms in total. The summed E-state index contributed by atoms with van der Waals surface area (Å²) >= 11 is 1.60. The molecule has 3 heterocycles. The number of carbonyl (C=O) groups excluding carboxylic acids is 1. The molecule has 28 heavy (non-hydrogen) atoms. The summed E-state index contributed by atoms with van der Waals surface area (Å²) < 4.78 is 0. The van der Waals surface area contributed by atoms with Crippen LogP contribution in [0.5, 0.6) is 0 Å². The molecule has 2 aromatic rings. The summed E-state index contributed by atoms with van der Waals surface area (Å²) in [5.74, 6) is 0.00272. The van der Waals surface area contributed by atoms with Crippen LogP contribution < -0.4 is 5.32 Å². The minimum atomic E-state index is -0.814. The smallest absolute Gasteiger partial charge is 0.305 e. The van der Waals surface area contributed by atoms with Crippen LogP contribution in [0.15, 0.2) is 23.2 Å². The van der Waals surface area contributed by atoms with Gasteiger partial charge in [0.05, 0.1) is 29.4 Å². The number of thioether (sulfide) groups is 1. The number of nitrogens with zero attached hydrogens (tertiary/aromatic N) is 2. The topological polar surface area (TPSA) is 97.8 Å². The van der Waals surface area contributed by atoms with Gasteiger partial charge >= 0.3 is 5.97 Å². The number of aromatic nitrogens is 1. The highest BCUT2D eigenvalue weighted by Gasteiger charge is 2.26. The molecule has 1 saturated heterocycles. The van der Waals surface area contributed by atoms with Gasteiger partial charge in [-0.2, -0.15) is 0 Å². The molecule has 0 bridgehead atoms. The monoisotopic (exact) mass is 400 g/mol. The van der Waals surface area contributed by atoms with Crippen molar-refractivity contribution in [3.05, 3.63) is 29.5 Å². The van der Waals surface area contributed by atoms with Crippen LogP contribution in [-0.2, 0) is 9.59 Å². The quantitative estimate of drug-likeness (QED) is 0.717. The molecule has 0 spiro atoms. The van der Waals surface area contributed by atoms with E-state index in [0.29, 0.717) is 5.75 Å². The maximum atomic E-state index is 11.6. The number of likely N-dealkylation sites (tertiary alicyclic amines) is 1. The number of hydrogen-bond donors (Lipinski definition) is 3. The highest BCUT2D eigenvalue weighted by atomic mass is 32.2. The van der Waals surface area contributed by atoms with E-state index in [2.05, 4.69) is 40.4 Å². The molecule has 4 rings (SSSR count). The van der Waals surface area contributed by atoms with Gasteiger partial charge < -0.3 is 20.3 Å². The van der Waals surface area contributed by atoms with Crippen LogP contribution >= 0.6 is 11.8 Å². The summed E-state index contributed by atoms with van der Waals surface area (Å²) in [7, 11) is 0. The van der Waals surface area contributed by atoms with E-state index in [1.807, 2.05) is 4.90 Å². The molecule has 2 aliphatic heterocycles. The van der Waals surface area contributed by atoms with Crippen molar-refractivity contribution in [3.8, 4) is 0 Å². The normalized spacial score (nSPS) is 21.9. The first-order valence-corrected chi connectivity index (χ1v) is 10.5. The van der Waals surface area contributed by atoms with Gasteiger partial charge in [0.2, 0.25) is 5.91 Å². The molecule has 1 amide bonds.